The van der Waals surface area contributed by atoms with Crippen molar-refractivity contribution < 1.29 is 1.37 Å². The van der Waals surface area contributed by atoms with Crippen LogP contribution in [0.3, 0.4) is 0 Å². The van der Waals surface area contributed by atoms with Gasteiger partial charge in [0, 0.05) is 11.4 Å². The summed E-state index contributed by atoms with van der Waals surface area (Å²) in [4.78, 5) is 0. The van der Waals surface area contributed by atoms with E-state index in [9.17, 15) is 0 Å². The van der Waals surface area contributed by atoms with E-state index in [1.54, 1.807) is 6.07 Å². The summed E-state index contributed by atoms with van der Waals surface area (Å²) in [5, 5.41) is 3.18. The van der Waals surface area contributed by atoms with Crippen LogP contribution in [0.2, 0.25) is 0 Å². The van der Waals surface area contributed by atoms with Crippen LogP contribution in [0.5, 0.6) is 0 Å². The zero-order valence-electron chi connectivity index (χ0n) is 8.20. The van der Waals surface area contributed by atoms with Crippen molar-refractivity contribution in [2.75, 3.05) is 5.32 Å². The van der Waals surface area contributed by atoms with Gasteiger partial charge in [0.2, 0.25) is 0 Å². The highest BCUT2D eigenvalue weighted by molar-refractivity contribution is 5.58. The average molecular weight is 170 g/mol. The Morgan fingerprint density at radius 3 is 2.08 bits per heavy atom. The van der Waals surface area contributed by atoms with Gasteiger partial charge in [-0.05, 0) is 24.2 Å². The summed E-state index contributed by atoms with van der Waals surface area (Å²) in [6, 6.07) is 17.8. The predicted octanol–water partition coefficient (Wildman–Crippen LogP) is 3.43. The van der Waals surface area contributed by atoms with Gasteiger partial charge in [0.15, 0.2) is 0 Å². The Morgan fingerprint density at radius 1 is 0.769 bits per heavy atom. The van der Waals surface area contributed by atoms with Crippen LogP contribution in [0.4, 0.5) is 11.4 Å². The molecule has 2 rings (SSSR count). The monoisotopic (exact) mass is 170 g/mol. The second-order valence-electron chi connectivity index (χ2n) is 2.77. The van der Waals surface area contributed by atoms with Crippen LogP contribution in [0, 0.1) is 0 Å². The Morgan fingerprint density at radius 2 is 1.38 bits per heavy atom. The van der Waals surface area contributed by atoms with Gasteiger partial charge in [-0.2, -0.15) is 0 Å². The molecule has 0 aliphatic carbocycles. The van der Waals surface area contributed by atoms with Gasteiger partial charge < -0.3 is 5.32 Å². The summed E-state index contributed by atoms with van der Waals surface area (Å²) < 4.78 is 7.66. The summed E-state index contributed by atoms with van der Waals surface area (Å²) in [5.74, 6) is 0. The molecule has 0 saturated carbocycles. The number of benzene rings is 2. The molecule has 0 amide bonds. The molecule has 0 bridgehead atoms. The first-order chi connectivity index (χ1) is 6.86. The summed E-state index contributed by atoms with van der Waals surface area (Å²) in [5.41, 5.74) is 1.84. The third-order valence-electron chi connectivity index (χ3n) is 1.76. The van der Waals surface area contributed by atoms with Crippen LogP contribution in [0.15, 0.2) is 60.6 Å². The van der Waals surface area contributed by atoms with Gasteiger partial charge in [-0.1, -0.05) is 36.4 Å². The maximum absolute atomic E-state index is 7.66. The van der Waals surface area contributed by atoms with Crippen molar-refractivity contribution in [3.8, 4) is 0 Å². The van der Waals surface area contributed by atoms with Crippen LogP contribution >= 0.6 is 0 Å². The Labute approximate surface area is 79.4 Å². The van der Waals surface area contributed by atoms with Crippen LogP contribution in [-0.4, -0.2) is 0 Å². The van der Waals surface area contributed by atoms with Gasteiger partial charge in [-0.25, -0.2) is 0 Å². The van der Waals surface area contributed by atoms with Gasteiger partial charge in [-0.15, -0.1) is 0 Å². The van der Waals surface area contributed by atoms with Crippen LogP contribution < -0.4 is 5.32 Å². The second-order valence-corrected chi connectivity index (χ2v) is 2.77. The van der Waals surface area contributed by atoms with E-state index in [0.717, 1.165) is 11.4 Å². The van der Waals surface area contributed by atoms with E-state index in [4.69, 9.17) is 1.37 Å². The first-order valence-electron chi connectivity index (χ1n) is 4.74. The normalized spacial score (nSPS) is 10.6. The molecule has 0 aliphatic rings. The topological polar surface area (TPSA) is 12.0 Å². The summed E-state index contributed by atoms with van der Waals surface area (Å²) in [6.07, 6.45) is 0. The predicted molar refractivity (Wildman–Crippen MR) is 56.2 cm³/mol. The minimum Gasteiger partial charge on any atom is -0.356 e. The molecule has 1 N–H and O–H groups in total. The highest BCUT2D eigenvalue weighted by Crippen LogP contribution is 2.14. The molecule has 0 aromatic heterocycles. The molecule has 1 heteroatoms. The van der Waals surface area contributed by atoms with E-state index in [-0.39, 0.29) is 0 Å². The maximum Gasteiger partial charge on any atom is 0.0645 e. The number of hydrogen-bond acceptors (Lipinski definition) is 1. The summed E-state index contributed by atoms with van der Waals surface area (Å²) in [6.45, 7) is 0. The van der Waals surface area contributed by atoms with Gasteiger partial charge in [0.25, 0.3) is 0 Å². The van der Waals surface area contributed by atoms with Crippen LogP contribution in [0.1, 0.15) is 1.37 Å². The number of anilines is 2. The SMILES string of the molecule is [2H]c1ccccc1Nc1ccccc1. The van der Waals surface area contributed by atoms with Crippen LogP contribution in [0.25, 0.3) is 0 Å². The molecular weight excluding hydrogens is 158 g/mol. The lowest BCUT2D eigenvalue weighted by molar-refractivity contribution is 1.55. The minimum absolute atomic E-state index is 0.511. The highest BCUT2D eigenvalue weighted by atomic mass is 14.9. The Kier molecular flexibility index (Phi) is 1.95. The van der Waals surface area contributed by atoms with E-state index in [0.29, 0.717) is 6.04 Å². The standard InChI is InChI=1S/C12H11N/c1-3-7-11(8-4-1)13-12-9-5-2-6-10-12/h1-10,13H/i7D. The number of rotatable bonds is 2. The molecule has 0 aliphatic heterocycles. The van der Waals surface area contributed by atoms with Crippen LogP contribution in [-0.2, 0) is 0 Å². The smallest absolute Gasteiger partial charge is 0.0645 e. The van der Waals surface area contributed by atoms with Crippen molar-refractivity contribution in [3.63, 3.8) is 0 Å². The molecule has 0 atom stereocenters. The Bertz CT molecular complexity index is 412. The fourth-order valence-electron chi connectivity index (χ4n) is 1.15. The van der Waals surface area contributed by atoms with Gasteiger partial charge in [0.1, 0.15) is 0 Å². The van der Waals surface area contributed by atoms with Crippen molar-refractivity contribution in [2.45, 2.75) is 0 Å². The van der Waals surface area contributed by atoms with E-state index in [1.165, 1.54) is 0 Å². The Hall–Kier alpha value is -1.76. The van der Waals surface area contributed by atoms with Crippen molar-refractivity contribution in [1.29, 1.82) is 0 Å². The molecular formula is C12H11N. The number of hydrogen-bond donors (Lipinski definition) is 1. The molecule has 2 aromatic rings. The Balaban J connectivity index is 2.24. The first kappa shape index (κ1) is 6.72. The minimum atomic E-state index is 0.511. The van der Waals surface area contributed by atoms with Gasteiger partial charge in [0.05, 0.1) is 1.37 Å². The molecule has 13 heavy (non-hydrogen) atoms. The zero-order chi connectivity index (χ0) is 9.80. The maximum atomic E-state index is 7.66. The lowest BCUT2D eigenvalue weighted by atomic mass is 10.3. The molecule has 0 heterocycles. The van der Waals surface area contributed by atoms with Gasteiger partial charge >= 0.3 is 0 Å². The van der Waals surface area contributed by atoms with Gasteiger partial charge in [-0.3, -0.25) is 0 Å². The molecule has 0 fully saturated rings. The third kappa shape index (κ3) is 2.09. The lowest BCUT2D eigenvalue weighted by Crippen LogP contribution is -1.87. The third-order valence-corrected chi connectivity index (χ3v) is 1.76. The molecule has 0 spiro atoms. The molecule has 1 nitrogen and oxygen atoms in total. The quantitative estimate of drug-likeness (QED) is 0.728. The van der Waals surface area contributed by atoms with Crippen molar-refractivity contribution in [3.05, 3.63) is 60.6 Å². The fourth-order valence-corrected chi connectivity index (χ4v) is 1.15. The van der Waals surface area contributed by atoms with E-state index < -0.39 is 0 Å². The average Bonchev–Trinajstić information content (AvgIpc) is 2.23. The van der Waals surface area contributed by atoms with Crippen molar-refractivity contribution in [1.82, 2.24) is 0 Å². The molecule has 0 unspecified atom stereocenters. The largest absolute Gasteiger partial charge is 0.356 e. The number of nitrogens with one attached hydrogen (secondary N) is 1. The lowest BCUT2D eigenvalue weighted by Gasteiger charge is -2.04. The highest BCUT2D eigenvalue weighted by Gasteiger charge is 1.89. The number of para-hydroxylation sites is 2. The van der Waals surface area contributed by atoms with E-state index >= 15 is 0 Å². The first-order valence-corrected chi connectivity index (χ1v) is 4.24. The zero-order valence-corrected chi connectivity index (χ0v) is 7.20. The fraction of sp³-hybridized carbons (Fsp3) is 0. The molecule has 0 radical (unpaired) electrons. The van der Waals surface area contributed by atoms with E-state index in [2.05, 4.69) is 5.32 Å². The van der Waals surface area contributed by atoms with Crippen molar-refractivity contribution in [2.24, 2.45) is 0 Å². The summed E-state index contributed by atoms with van der Waals surface area (Å²) >= 11 is 0. The molecule has 0 saturated heterocycles. The summed E-state index contributed by atoms with van der Waals surface area (Å²) in [7, 11) is 0. The molecule has 64 valence electrons. The second kappa shape index (κ2) is 3.76. The van der Waals surface area contributed by atoms with E-state index in [1.807, 2.05) is 48.5 Å². The van der Waals surface area contributed by atoms with Crippen molar-refractivity contribution >= 4 is 11.4 Å². The molecule has 2 aromatic carbocycles.